The monoisotopic (exact) mass is 443 g/mol. The third-order valence-electron chi connectivity index (χ3n) is 5.23. The molecule has 1 aliphatic rings. The summed E-state index contributed by atoms with van der Waals surface area (Å²) in [6.07, 6.45) is 0.152. The highest BCUT2D eigenvalue weighted by Crippen LogP contribution is 2.29. The second kappa shape index (κ2) is 9.86. The number of esters is 1. The van der Waals surface area contributed by atoms with Crippen molar-refractivity contribution in [2.45, 2.75) is 25.5 Å². The maximum Gasteiger partial charge on any atom is 0.306 e. The Balaban J connectivity index is 1.57. The van der Waals surface area contributed by atoms with Crippen molar-refractivity contribution in [3.63, 3.8) is 0 Å². The Kier molecular flexibility index (Phi) is 6.54. The molecule has 0 fully saturated rings. The maximum atomic E-state index is 12.9. The van der Waals surface area contributed by atoms with Gasteiger partial charge in [-0.15, -0.1) is 0 Å². The second-order valence-electron chi connectivity index (χ2n) is 7.52. The number of nitro benzene ring substituents is 1. The molecule has 0 aliphatic carbocycles. The van der Waals surface area contributed by atoms with Gasteiger partial charge in [-0.3, -0.25) is 24.7 Å². The largest absolute Gasteiger partial charge is 0.461 e. The molecule has 1 heterocycles. The number of non-ortho nitro benzene ring substituents is 1. The van der Waals surface area contributed by atoms with Crippen LogP contribution in [-0.2, 0) is 20.9 Å². The molecule has 8 nitrogen and oxygen atoms in total. The number of ether oxygens (including phenoxy) is 1. The number of aliphatic imine (C=N–C) groups is 1. The van der Waals surface area contributed by atoms with Gasteiger partial charge in [0.2, 0.25) is 5.91 Å². The number of nitro groups is 1. The summed E-state index contributed by atoms with van der Waals surface area (Å²) < 4.78 is 5.31. The van der Waals surface area contributed by atoms with E-state index in [1.54, 1.807) is 0 Å². The Bertz CT molecular complexity index is 1210. The summed E-state index contributed by atoms with van der Waals surface area (Å²) in [5, 5.41) is 14.1. The van der Waals surface area contributed by atoms with Gasteiger partial charge in [0.1, 0.15) is 12.6 Å². The molecular weight excluding hydrogens is 422 g/mol. The average molecular weight is 443 g/mol. The second-order valence-corrected chi connectivity index (χ2v) is 7.52. The Hall–Kier alpha value is -4.33. The lowest BCUT2D eigenvalue weighted by Gasteiger charge is -2.11. The summed E-state index contributed by atoms with van der Waals surface area (Å²) in [4.78, 5) is 40.6. The number of hydrogen-bond donors (Lipinski definition) is 1. The number of benzene rings is 3. The van der Waals surface area contributed by atoms with Crippen LogP contribution in [0.3, 0.4) is 0 Å². The Labute approximate surface area is 190 Å². The van der Waals surface area contributed by atoms with E-state index in [0.717, 1.165) is 5.56 Å². The van der Waals surface area contributed by atoms with E-state index in [4.69, 9.17) is 4.74 Å². The lowest BCUT2D eigenvalue weighted by atomic mass is 10.00. The summed E-state index contributed by atoms with van der Waals surface area (Å²) in [6.45, 7) is 0.157. The molecule has 33 heavy (non-hydrogen) atoms. The van der Waals surface area contributed by atoms with E-state index >= 15 is 0 Å². The lowest BCUT2D eigenvalue weighted by molar-refractivity contribution is -0.384. The summed E-state index contributed by atoms with van der Waals surface area (Å²) in [5.74, 6) is -0.813. The van der Waals surface area contributed by atoms with Gasteiger partial charge in [0.05, 0.1) is 16.3 Å². The van der Waals surface area contributed by atoms with Crippen LogP contribution in [0.2, 0.25) is 0 Å². The first kappa shape index (κ1) is 21.9. The minimum atomic E-state index is -0.851. The van der Waals surface area contributed by atoms with Crippen molar-refractivity contribution < 1.29 is 19.2 Å². The number of rotatable bonds is 7. The van der Waals surface area contributed by atoms with Crippen LogP contribution in [0.4, 0.5) is 11.4 Å². The summed E-state index contributed by atoms with van der Waals surface area (Å²) in [6, 6.07) is 21.8. The van der Waals surface area contributed by atoms with Crippen molar-refractivity contribution in [3.05, 3.63) is 106 Å². The van der Waals surface area contributed by atoms with E-state index in [0.29, 0.717) is 22.5 Å². The van der Waals surface area contributed by atoms with Crippen molar-refractivity contribution in [1.82, 2.24) is 0 Å². The zero-order valence-corrected chi connectivity index (χ0v) is 17.6. The van der Waals surface area contributed by atoms with Crippen molar-refractivity contribution in [2.24, 2.45) is 4.99 Å². The van der Waals surface area contributed by atoms with Gasteiger partial charge in [0.15, 0.2) is 0 Å². The van der Waals surface area contributed by atoms with Gasteiger partial charge in [-0.25, -0.2) is 0 Å². The first-order valence-corrected chi connectivity index (χ1v) is 10.4. The molecule has 166 valence electrons. The number of amides is 1. The third-order valence-corrected chi connectivity index (χ3v) is 5.23. The molecule has 1 N–H and O–H groups in total. The number of nitrogens with zero attached hydrogens (tertiary/aromatic N) is 2. The van der Waals surface area contributed by atoms with Crippen molar-refractivity contribution >= 4 is 29.0 Å². The smallest absolute Gasteiger partial charge is 0.306 e. The Morgan fingerprint density at radius 1 is 1.03 bits per heavy atom. The standard InChI is InChI=1S/C25H21N3O5/c29-23(33-16-17-7-3-1-4-8-17)14-13-22-25(30)27-21-12-11-19(28(31)32)15-20(21)24(26-22)18-9-5-2-6-10-18/h1-12,15,22H,13-14,16H2,(H,27,30)/t22-/m0/s1. The van der Waals surface area contributed by atoms with Gasteiger partial charge in [-0.05, 0) is 18.1 Å². The molecular formula is C25H21N3O5. The van der Waals surface area contributed by atoms with E-state index in [9.17, 15) is 19.7 Å². The quantitative estimate of drug-likeness (QED) is 0.333. The van der Waals surface area contributed by atoms with Crippen LogP contribution in [0.25, 0.3) is 0 Å². The molecule has 0 saturated carbocycles. The predicted molar refractivity (Wildman–Crippen MR) is 123 cm³/mol. The molecule has 0 spiro atoms. The van der Waals surface area contributed by atoms with Crippen molar-refractivity contribution in [1.29, 1.82) is 0 Å². The maximum absolute atomic E-state index is 12.9. The van der Waals surface area contributed by atoms with Crippen LogP contribution < -0.4 is 5.32 Å². The third kappa shape index (κ3) is 5.30. The zero-order valence-electron chi connectivity index (χ0n) is 17.6. The van der Waals surface area contributed by atoms with Crippen LogP contribution in [0.15, 0.2) is 83.9 Å². The number of hydrogen-bond acceptors (Lipinski definition) is 6. The Morgan fingerprint density at radius 2 is 1.73 bits per heavy atom. The fraction of sp³-hybridized carbons (Fsp3) is 0.160. The number of carbonyl (C=O) groups excluding carboxylic acids is 2. The van der Waals surface area contributed by atoms with Crippen molar-refractivity contribution in [3.8, 4) is 0 Å². The van der Waals surface area contributed by atoms with Gasteiger partial charge in [0.25, 0.3) is 5.69 Å². The normalized spacial score (nSPS) is 15.0. The number of fused-ring (bicyclic) bond motifs is 1. The molecule has 0 radical (unpaired) electrons. The van der Waals surface area contributed by atoms with E-state index in [1.165, 1.54) is 18.2 Å². The molecule has 0 unspecified atom stereocenters. The van der Waals surface area contributed by atoms with E-state index in [-0.39, 0.29) is 31.0 Å². The van der Waals surface area contributed by atoms with Crippen LogP contribution in [0.1, 0.15) is 29.5 Å². The van der Waals surface area contributed by atoms with Crippen LogP contribution >= 0.6 is 0 Å². The van der Waals surface area contributed by atoms with Gasteiger partial charge in [0, 0.05) is 29.7 Å². The highest BCUT2D eigenvalue weighted by atomic mass is 16.6. The van der Waals surface area contributed by atoms with Crippen molar-refractivity contribution in [2.75, 3.05) is 5.32 Å². The first-order valence-electron chi connectivity index (χ1n) is 10.4. The molecule has 0 saturated heterocycles. The van der Waals surface area contributed by atoms with Gasteiger partial charge < -0.3 is 10.1 Å². The molecule has 0 bridgehead atoms. The van der Waals surface area contributed by atoms with E-state index in [2.05, 4.69) is 10.3 Å². The molecule has 1 atom stereocenters. The number of benzodiazepines with no additional fused rings is 1. The van der Waals surface area contributed by atoms with Gasteiger partial charge in [-0.1, -0.05) is 60.7 Å². The molecule has 1 aliphatic heterocycles. The van der Waals surface area contributed by atoms with E-state index < -0.39 is 16.9 Å². The Morgan fingerprint density at radius 3 is 2.42 bits per heavy atom. The fourth-order valence-corrected chi connectivity index (χ4v) is 3.54. The van der Waals surface area contributed by atoms with Crippen LogP contribution in [0, 0.1) is 10.1 Å². The average Bonchev–Trinajstić information content (AvgIpc) is 2.98. The lowest BCUT2D eigenvalue weighted by Crippen LogP contribution is -2.26. The molecule has 1 amide bonds. The van der Waals surface area contributed by atoms with Gasteiger partial charge >= 0.3 is 5.97 Å². The first-order chi connectivity index (χ1) is 16.0. The summed E-state index contributed by atoms with van der Waals surface area (Å²) >= 11 is 0. The molecule has 3 aromatic carbocycles. The minimum absolute atomic E-state index is 0.00693. The summed E-state index contributed by atoms with van der Waals surface area (Å²) in [5.41, 5.74) is 2.83. The molecule has 4 rings (SSSR count). The fourth-order valence-electron chi connectivity index (χ4n) is 3.54. The highest BCUT2D eigenvalue weighted by Gasteiger charge is 2.28. The van der Waals surface area contributed by atoms with Crippen LogP contribution in [-0.4, -0.2) is 28.6 Å². The zero-order chi connectivity index (χ0) is 23.2. The van der Waals surface area contributed by atoms with Gasteiger partial charge in [-0.2, -0.15) is 0 Å². The molecule has 3 aromatic rings. The topological polar surface area (TPSA) is 111 Å². The summed E-state index contributed by atoms with van der Waals surface area (Å²) in [7, 11) is 0. The SMILES string of the molecule is O=C(CC[C@@H]1N=C(c2ccccc2)c2cc([N+](=O)[O-])ccc2NC1=O)OCc1ccccc1. The highest BCUT2D eigenvalue weighted by molar-refractivity contribution is 6.20. The minimum Gasteiger partial charge on any atom is -0.461 e. The number of anilines is 1. The predicted octanol–water partition coefficient (Wildman–Crippen LogP) is 4.28. The number of carbonyl (C=O) groups is 2. The number of nitrogens with one attached hydrogen (secondary N) is 1. The van der Waals surface area contributed by atoms with E-state index in [1.807, 2.05) is 60.7 Å². The molecule has 0 aromatic heterocycles. The van der Waals surface area contributed by atoms with Crippen LogP contribution in [0.5, 0.6) is 0 Å². The molecule has 8 heteroatoms.